The monoisotopic (exact) mass is 262 g/mol. The quantitative estimate of drug-likeness (QED) is 0.632. The maximum atomic E-state index is 5.80. The molecule has 0 saturated heterocycles. The molecule has 0 spiro atoms. The first-order valence-electron chi connectivity index (χ1n) is 7.53. The standard InChI is InChI=1S/C15H26N4/c1-3-14-13(9-11(2)18-19-14)15(17-16)10-12-7-5-4-6-8-12/h9,12,15,17H,3-8,10,16H2,1-2H3. The van der Waals surface area contributed by atoms with Gasteiger partial charge in [0.05, 0.1) is 11.4 Å². The normalized spacial score (nSPS) is 18.5. The molecule has 4 nitrogen and oxygen atoms in total. The Labute approximate surface area is 116 Å². The Morgan fingerprint density at radius 2 is 2.05 bits per heavy atom. The summed E-state index contributed by atoms with van der Waals surface area (Å²) in [5, 5.41) is 8.47. The summed E-state index contributed by atoms with van der Waals surface area (Å²) in [5.74, 6) is 6.60. The summed E-state index contributed by atoms with van der Waals surface area (Å²) >= 11 is 0. The summed E-state index contributed by atoms with van der Waals surface area (Å²) < 4.78 is 0. The lowest BCUT2D eigenvalue weighted by Gasteiger charge is -2.27. The van der Waals surface area contributed by atoms with Gasteiger partial charge in [0.25, 0.3) is 0 Å². The molecule has 0 amide bonds. The molecule has 0 bridgehead atoms. The number of hydrazine groups is 1. The van der Waals surface area contributed by atoms with Crippen molar-refractivity contribution in [3.05, 3.63) is 23.0 Å². The lowest BCUT2D eigenvalue weighted by molar-refractivity contribution is 0.300. The summed E-state index contributed by atoms with van der Waals surface area (Å²) in [4.78, 5) is 0. The van der Waals surface area contributed by atoms with E-state index in [-0.39, 0.29) is 6.04 Å². The third-order valence-corrected chi connectivity index (χ3v) is 4.23. The summed E-state index contributed by atoms with van der Waals surface area (Å²) in [6, 6.07) is 2.35. The van der Waals surface area contributed by atoms with Gasteiger partial charge in [0, 0.05) is 6.04 Å². The van der Waals surface area contributed by atoms with E-state index in [0.29, 0.717) is 0 Å². The zero-order chi connectivity index (χ0) is 13.7. The largest absolute Gasteiger partial charge is 0.271 e. The van der Waals surface area contributed by atoms with Gasteiger partial charge in [-0.25, -0.2) is 0 Å². The molecular weight excluding hydrogens is 236 g/mol. The van der Waals surface area contributed by atoms with Crippen molar-refractivity contribution in [2.75, 3.05) is 0 Å². The van der Waals surface area contributed by atoms with Crippen molar-refractivity contribution < 1.29 is 0 Å². The summed E-state index contributed by atoms with van der Waals surface area (Å²) in [6.07, 6.45) is 8.86. The molecule has 1 atom stereocenters. The van der Waals surface area contributed by atoms with E-state index < -0.39 is 0 Å². The van der Waals surface area contributed by atoms with Crippen LogP contribution in [0, 0.1) is 12.8 Å². The number of nitrogens with zero attached hydrogens (tertiary/aromatic N) is 2. The first kappa shape index (κ1) is 14.4. The van der Waals surface area contributed by atoms with Crippen molar-refractivity contribution in [1.82, 2.24) is 15.6 Å². The third-order valence-electron chi connectivity index (χ3n) is 4.23. The minimum Gasteiger partial charge on any atom is -0.271 e. The van der Waals surface area contributed by atoms with Crippen LogP contribution in [0.5, 0.6) is 0 Å². The number of aromatic nitrogens is 2. The summed E-state index contributed by atoms with van der Waals surface area (Å²) in [5.41, 5.74) is 6.28. The van der Waals surface area contributed by atoms with Crippen molar-refractivity contribution in [3.8, 4) is 0 Å². The van der Waals surface area contributed by atoms with Crippen LogP contribution in [0.3, 0.4) is 0 Å². The molecule has 0 aromatic carbocycles. The van der Waals surface area contributed by atoms with Gasteiger partial charge in [-0.05, 0) is 37.3 Å². The Hall–Kier alpha value is -1.00. The molecular formula is C15H26N4. The molecule has 1 fully saturated rings. The second-order valence-electron chi connectivity index (χ2n) is 5.70. The van der Waals surface area contributed by atoms with Gasteiger partial charge in [-0.2, -0.15) is 10.2 Å². The van der Waals surface area contributed by atoms with Crippen LogP contribution < -0.4 is 11.3 Å². The zero-order valence-electron chi connectivity index (χ0n) is 12.2. The van der Waals surface area contributed by atoms with Gasteiger partial charge in [0.15, 0.2) is 0 Å². The molecule has 1 unspecified atom stereocenters. The Balaban J connectivity index is 2.13. The van der Waals surface area contributed by atoms with E-state index in [1.165, 1.54) is 37.7 Å². The highest BCUT2D eigenvalue weighted by Gasteiger charge is 2.21. The third kappa shape index (κ3) is 3.74. The lowest BCUT2D eigenvalue weighted by Crippen LogP contribution is -2.31. The Morgan fingerprint density at radius 3 is 2.68 bits per heavy atom. The Kier molecular flexibility index (Phi) is 5.28. The van der Waals surface area contributed by atoms with Gasteiger partial charge in [-0.15, -0.1) is 0 Å². The Bertz CT molecular complexity index is 399. The van der Waals surface area contributed by atoms with Crippen LogP contribution in [-0.2, 0) is 6.42 Å². The minimum atomic E-state index is 0.215. The van der Waals surface area contributed by atoms with E-state index in [2.05, 4.69) is 28.6 Å². The van der Waals surface area contributed by atoms with Gasteiger partial charge >= 0.3 is 0 Å². The SMILES string of the molecule is CCc1nnc(C)cc1C(CC1CCCCC1)NN. The molecule has 1 saturated carbocycles. The highest BCUT2D eigenvalue weighted by atomic mass is 15.2. The fraction of sp³-hybridized carbons (Fsp3) is 0.733. The topological polar surface area (TPSA) is 63.8 Å². The van der Waals surface area contributed by atoms with Crippen molar-refractivity contribution in [2.24, 2.45) is 11.8 Å². The summed E-state index contributed by atoms with van der Waals surface area (Å²) in [6.45, 7) is 4.11. The molecule has 4 heteroatoms. The molecule has 1 aliphatic rings. The number of rotatable bonds is 5. The molecule has 2 rings (SSSR count). The molecule has 1 aromatic rings. The number of hydrogen-bond acceptors (Lipinski definition) is 4. The van der Waals surface area contributed by atoms with Gasteiger partial charge in [-0.1, -0.05) is 39.0 Å². The first-order valence-corrected chi connectivity index (χ1v) is 7.53. The second-order valence-corrected chi connectivity index (χ2v) is 5.70. The Morgan fingerprint density at radius 1 is 1.32 bits per heavy atom. The van der Waals surface area contributed by atoms with Crippen molar-refractivity contribution in [2.45, 2.75) is 64.8 Å². The maximum absolute atomic E-state index is 5.80. The molecule has 106 valence electrons. The smallest absolute Gasteiger partial charge is 0.0676 e. The molecule has 0 radical (unpaired) electrons. The van der Waals surface area contributed by atoms with E-state index in [1.54, 1.807) is 0 Å². The first-order chi connectivity index (χ1) is 9.24. The number of nitrogens with two attached hydrogens (primary N) is 1. The van der Waals surface area contributed by atoms with Crippen LogP contribution in [0.4, 0.5) is 0 Å². The van der Waals surface area contributed by atoms with Crippen LogP contribution in [0.25, 0.3) is 0 Å². The molecule has 0 aliphatic heterocycles. The van der Waals surface area contributed by atoms with Crippen LogP contribution in [0.2, 0.25) is 0 Å². The average molecular weight is 262 g/mol. The number of hydrogen-bond donors (Lipinski definition) is 2. The maximum Gasteiger partial charge on any atom is 0.0676 e. The van der Waals surface area contributed by atoms with Crippen LogP contribution >= 0.6 is 0 Å². The van der Waals surface area contributed by atoms with Gasteiger partial charge in [-0.3, -0.25) is 11.3 Å². The highest BCUT2D eigenvalue weighted by molar-refractivity contribution is 5.24. The van der Waals surface area contributed by atoms with Gasteiger partial charge in [0.2, 0.25) is 0 Å². The number of aryl methyl sites for hydroxylation is 2. The zero-order valence-corrected chi connectivity index (χ0v) is 12.2. The number of nitrogens with one attached hydrogen (secondary N) is 1. The molecule has 19 heavy (non-hydrogen) atoms. The predicted molar refractivity (Wildman–Crippen MR) is 77.4 cm³/mol. The van der Waals surface area contributed by atoms with E-state index in [9.17, 15) is 0 Å². The molecule has 1 aromatic heterocycles. The average Bonchev–Trinajstić information content (AvgIpc) is 2.46. The minimum absolute atomic E-state index is 0.215. The highest BCUT2D eigenvalue weighted by Crippen LogP contribution is 2.32. The van der Waals surface area contributed by atoms with Crippen molar-refractivity contribution in [1.29, 1.82) is 0 Å². The van der Waals surface area contributed by atoms with Crippen molar-refractivity contribution >= 4 is 0 Å². The van der Waals surface area contributed by atoms with Crippen molar-refractivity contribution in [3.63, 3.8) is 0 Å². The van der Waals surface area contributed by atoms with E-state index in [0.717, 1.165) is 30.1 Å². The lowest BCUT2D eigenvalue weighted by atomic mass is 9.83. The van der Waals surface area contributed by atoms with Crippen LogP contribution in [0.15, 0.2) is 6.07 Å². The fourth-order valence-corrected chi connectivity index (χ4v) is 3.15. The van der Waals surface area contributed by atoms with E-state index in [1.807, 2.05) is 6.92 Å². The molecule has 1 heterocycles. The van der Waals surface area contributed by atoms with Gasteiger partial charge < -0.3 is 0 Å². The van der Waals surface area contributed by atoms with Crippen LogP contribution in [-0.4, -0.2) is 10.2 Å². The molecule has 1 aliphatic carbocycles. The molecule has 3 N–H and O–H groups in total. The fourth-order valence-electron chi connectivity index (χ4n) is 3.15. The predicted octanol–water partition coefficient (Wildman–Crippen LogP) is 2.82. The second kappa shape index (κ2) is 6.96. The van der Waals surface area contributed by atoms with E-state index in [4.69, 9.17) is 5.84 Å². The van der Waals surface area contributed by atoms with Crippen LogP contribution in [0.1, 0.15) is 68.4 Å². The van der Waals surface area contributed by atoms with E-state index >= 15 is 0 Å². The summed E-state index contributed by atoms with van der Waals surface area (Å²) in [7, 11) is 0. The van der Waals surface area contributed by atoms with Gasteiger partial charge in [0.1, 0.15) is 0 Å².